The lowest BCUT2D eigenvalue weighted by Gasteiger charge is -2.12. The molecule has 0 aliphatic heterocycles. The average Bonchev–Trinajstić information content (AvgIpc) is 2.63. The molecule has 1 N–H and O–H groups in total. The van der Waals surface area contributed by atoms with Gasteiger partial charge in [0, 0.05) is 7.05 Å². The van der Waals surface area contributed by atoms with Crippen molar-refractivity contribution in [3.8, 4) is 0 Å². The third kappa shape index (κ3) is 3.08. The lowest BCUT2D eigenvalue weighted by atomic mass is 10.2. The second-order valence-corrected chi connectivity index (χ2v) is 6.53. The van der Waals surface area contributed by atoms with Crippen LogP contribution in [-0.2, 0) is 23.2 Å². The maximum atomic E-state index is 13.1. The SMILES string of the molecule is Cc1cccc(S(=O)(=O)Nc2c(C(F)(F)F)c(C)nn2C)c1. The molecule has 1 heterocycles. The van der Waals surface area contributed by atoms with Crippen LogP contribution in [-0.4, -0.2) is 18.2 Å². The van der Waals surface area contributed by atoms with Crippen LogP contribution in [0.2, 0.25) is 0 Å². The molecule has 9 heteroatoms. The first-order valence-electron chi connectivity index (χ1n) is 6.22. The quantitative estimate of drug-likeness (QED) is 0.939. The van der Waals surface area contributed by atoms with Crippen molar-refractivity contribution in [2.75, 3.05) is 4.72 Å². The third-order valence-electron chi connectivity index (χ3n) is 3.04. The number of nitrogens with one attached hydrogen (secondary N) is 1. The van der Waals surface area contributed by atoms with E-state index in [1.807, 2.05) is 4.72 Å². The largest absolute Gasteiger partial charge is 0.421 e. The van der Waals surface area contributed by atoms with Gasteiger partial charge in [0.1, 0.15) is 5.56 Å². The molecule has 0 atom stereocenters. The number of aromatic nitrogens is 2. The smallest absolute Gasteiger partial charge is 0.263 e. The molecule has 0 saturated heterocycles. The Hall–Kier alpha value is -2.03. The normalized spacial score (nSPS) is 12.5. The van der Waals surface area contributed by atoms with Crippen molar-refractivity contribution in [2.45, 2.75) is 24.9 Å². The minimum Gasteiger partial charge on any atom is -0.263 e. The van der Waals surface area contributed by atoms with Crippen LogP contribution in [0.1, 0.15) is 16.8 Å². The highest BCUT2D eigenvalue weighted by Gasteiger charge is 2.39. The Labute approximate surface area is 125 Å². The van der Waals surface area contributed by atoms with Gasteiger partial charge < -0.3 is 0 Å². The van der Waals surface area contributed by atoms with Gasteiger partial charge in [-0.2, -0.15) is 18.3 Å². The molecule has 0 radical (unpaired) electrons. The number of hydrogen-bond donors (Lipinski definition) is 1. The second-order valence-electron chi connectivity index (χ2n) is 4.85. The lowest BCUT2D eigenvalue weighted by Crippen LogP contribution is -2.19. The highest BCUT2D eigenvalue weighted by molar-refractivity contribution is 7.92. The Balaban J connectivity index is 2.52. The van der Waals surface area contributed by atoms with Crippen LogP contribution in [0.15, 0.2) is 29.2 Å². The van der Waals surface area contributed by atoms with E-state index < -0.39 is 27.6 Å². The molecular formula is C13H14F3N3O2S. The minimum atomic E-state index is -4.71. The summed E-state index contributed by atoms with van der Waals surface area (Å²) < 4.78 is 66.6. The molecule has 0 fully saturated rings. The number of nitrogens with zero attached hydrogens (tertiary/aromatic N) is 2. The first-order chi connectivity index (χ1) is 10.0. The molecule has 120 valence electrons. The molecule has 0 bridgehead atoms. The maximum Gasteiger partial charge on any atom is 0.421 e. The summed E-state index contributed by atoms with van der Waals surface area (Å²) in [4.78, 5) is -0.112. The molecule has 2 rings (SSSR count). The standard InChI is InChI=1S/C13H14F3N3O2S/c1-8-5-4-6-10(7-8)22(20,21)18-12-11(13(14,15)16)9(2)17-19(12)3/h4-7,18H,1-3H3. The molecule has 0 saturated carbocycles. The summed E-state index contributed by atoms with van der Waals surface area (Å²) in [5, 5.41) is 3.64. The van der Waals surface area contributed by atoms with E-state index in [1.54, 1.807) is 13.0 Å². The number of anilines is 1. The molecule has 0 amide bonds. The van der Waals surface area contributed by atoms with Crippen molar-refractivity contribution in [3.05, 3.63) is 41.1 Å². The summed E-state index contributed by atoms with van der Waals surface area (Å²) in [7, 11) is -2.89. The summed E-state index contributed by atoms with van der Waals surface area (Å²) >= 11 is 0. The lowest BCUT2D eigenvalue weighted by molar-refractivity contribution is -0.137. The summed E-state index contributed by atoms with van der Waals surface area (Å²) in [5.74, 6) is -0.605. The van der Waals surface area contributed by atoms with E-state index in [2.05, 4.69) is 5.10 Å². The average molecular weight is 333 g/mol. The molecule has 5 nitrogen and oxygen atoms in total. The van der Waals surface area contributed by atoms with Crippen molar-refractivity contribution in [3.63, 3.8) is 0 Å². The van der Waals surface area contributed by atoms with E-state index in [0.29, 0.717) is 5.56 Å². The molecule has 1 aromatic heterocycles. The van der Waals surface area contributed by atoms with Gasteiger partial charge in [-0.05, 0) is 31.5 Å². The number of aryl methyl sites for hydroxylation is 3. The van der Waals surface area contributed by atoms with Crippen LogP contribution in [0.5, 0.6) is 0 Å². The summed E-state index contributed by atoms with van der Waals surface area (Å²) in [6, 6.07) is 5.89. The van der Waals surface area contributed by atoms with E-state index in [-0.39, 0.29) is 10.6 Å². The van der Waals surface area contributed by atoms with Crippen LogP contribution >= 0.6 is 0 Å². The number of benzene rings is 1. The predicted molar refractivity (Wildman–Crippen MR) is 74.9 cm³/mol. The van der Waals surface area contributed by atoms with Crippen molar-refractivity contribution >= 4 is 15.8 Å². The van der Waals surface area contributed by atoms with Gasteiger partial charge in [-0.25, -0.2) is 8.42 Å². The van der Waals surface area contributed by atoms with Gasteiger partial charge in [0.15, 0.2) is 5.82 Å². The topological polar surface area (TPSA) is 64.0 Å². The molecule has 0 aliphatic carbocycles. The number of hydrogen-bond acceptors (Lipinski definition) is 3. The Bertz CT molecular complexity index is 810. The first-order valence-corrected chi connectivity index (χ1v) is 7.71. The zero-order valence-corrected chi connectivity index (χ0v) is 12.9. The highest BCUT2D eigenvalue weighted by atomic mass is 32.2. The molecule has 22 heavy (non-hydrogen) atoms. The summed E-state index contributed by atoms with van der Waals surface area (Å²) in [6.07, 6.45) is -4.71. The Morgan fingerprint density at radius 2 is 1.86 bits per heavy atom. The van der Waals surface area contributed by atoms with Gasteiger partial charge in [-0.15, -0.1) is 0 Å². The Morgan fingerprint density at radius 1 is 1.23 bits per heavy atom. The van der Waals surface area contributed by atoms with Crippen LogP contribution in [0.4, 0.5) is 19.0 Å². The van der Waals surface area contributed by atoms with Gasteiger partial charge in [-0.3, -0.25) is 9.40 Å². The third-order valence-corrected chi connectivity index (χ3v) is 4.37. The minimum absolute atomic E-state index is 0.112. The number of rotatable bonds is 3. The van der Waals surface area contributed by atoms with Crippen molar-refractivity contribution < 1.29 is 21.6 Å². The van der Waals surface area contributed by atoms with Crippen molar-refractivity contribution in [2.24, 2.45) is 7.05 Å². The molecule has 0 spiro atoms. The van der Waals surface area contributed by atoms with Gasteiger partial charge in [0.25, 0.3) is 10.0 Å². The fraction of sp³-hybridized carbons (Fsp3) is 0.308. The predicted octanol–water partition coefficient (Wildman–Crippen LogP) is 2.86. The van der Waals surface area contributed by atoms with E-state index in [1.165, 1.54) is 32.2 Å². The number of halogens is 3. The van der Waals surface area contributed by atoms with Crippen molar-refractivity contribution in [1.82, 2.24) is 9.78 Å². The van der Waals surface area contributed by atoms with Crippen molar-refractivity contribution in [1.29, 1.82) is 0 Å². The first kappa shape index (κ1) is 16.3. The molecule has 0 aliphatic rings. The second kappa shape index (κ2) is 5.31. The van der Waals surface area contributed by atoms with Crippen LogP contribution in [0.25, 0.3) is 0 Å². The maximum absolute atomic E-state index is 13.1. The Morgan fingerprint density at radius 3 is 2.41 bits per heavy atom. The zero-order chi connectivity index (χ0) is 16.7. The van der Waals surface area contributed by atoms with Crippen LogP contribution < -0.4 is 4.72 Å². The molecule has 1 aromatic carbocycles. The number of sulfonamides is 1. The van der Waals surface area contributed by atoms with Gasteiger partial charge >= 0.3 is 6.18 Å². The molecular weight excluding hydrogens is 319 g/mol. The van der Waals surface area contributed by atoms with E-state index in [4.69, 9.17) is 0 Å². The van der Waals surface area contributed by atoms with Crippen LogP contribution in [0, 0.1) is 13.8 Å². The van der Waals surface area contributed by atoms with Gasteiger partial charge in [-0.1, -0.05) is 12.1 Å². The molecule has 0 unspecified atom stereocenters. The highest BCUT2D eigenvalue weighted by Crippen LogP contribution is 2.37. The fourth-order valence-electron chi connectivity index (χ4n) is 2.08. The van der Waals surface area contributed by atoms with Gasteiger partial charge in [0.2, 0.25) is 0 Å². The molecule has 2 aromatic rings. The zero-order valence-electron chi connectivity index (χ0n) is 12.1. The van der Waals surface area contributed by atoms with E-state index in [9.17, 15) is 21.6 Å². The van der Waals surface area contributed by atoms with Gasteiger partial charge in [0.05, 0.1) is 10.6 Å². The Kier molecular flexibility index (Phi) is 3.94. The monoisotopic (exact) mass is 333 g/mol. The van der Waals surface area contributed by atoms with Crippen LogP contribution in [0.3, 0.4) is 0 Å². The van der Waals surface area contributed by atoms with E-state index in [0.717, 1.165) is 4.68 Å². The fourth-order valence-corrected chi connectivity index (χ4v) is 3.29. The summed E-state index contributed by atoms with van der Waals surface area (Å²) in [5.41, 5.74) is -0.705. The summed E-state index contributed by atoms with van der Waals surface area (Å²) in [6.45, 7) is 2.86. The van der Waals surface area contributed by atoms with E-state index >= 15 is 0 Å². The number of alkyl halides is 3.